The number of aryl methyl sites for hydroxylation is 1. The van der Waals surface area contributed by atoms with Crippen molar-refractivity contribution in [3.05, 3.63) is 51.8 Å². The summed E-state index contributed by atoms with van der Waals surface area (Å²) in [7, 11) is 0.722. The maximum absolute atomic E-state index is 12.2. The number of hydrogen-bond donors (Lipinski definition) is 1. The molecule has 1 unspecified atom stereocenters. The van der Waals surface area contributed by atoms with Crippen LogP contribution in [0.15, 0.2) is 35.1 Å². The summed E-state index contributed by atoms with van der Waals surface area (Å²) < 4.78 is 28.8. The third-order valence-corrected chi connectivity index (χ3v) is 6.99. The van der Waals surface area contributed by atoms with E-state index in [2.05, 4.69) is 22.0 Å². The zero-order valence-electron chi connectivity index (χ0n) is 18.1. The highest BCUT2D eigenvalue weighted by Crippen LogP contribution is 2.27. The molecule has 1 aliphatic carbocycles. The lowest BCUT2D eigenvalue weighted by atomic mass is 9.87. The monoisotopic (exact) mass is 432 g/mol. The Bertz CT molecular complexity index is 1030. The van der Waals surface area contributed by atoms with Crippen molar-refractivity contribution in [2.24, 2.45) is 0 Å². The van der Waals surface area contributed by atoms with Crippen LogP contribution in [0.1, 0.15) is 37.3 Å². The van der Waals surface area contributed by atoms with Gasteiger partial charge in [0.15, 0.2) is 0 Å². The molecule has 0 spiro atoms. The van der Waals surface area contributed by atoms with E-state index in [1.165, 1.54) is 15.8 Å². The summed E-state index contributed by atoms with van der Waals surface area (Å²) in [5.74, 6) is 0.195. The van der Waals surface area contributed by atoms with Crippen molar-refractivity contribution in [1.82, 2.24) is 19.4 Å². The molecule has 8 heteroatoms. The van der Waals surface area contributed by atoms with Crippen LogP contribution >= 0.6 is 0 Å². The second-order valence-corrected chi connectivity index (χ2v) is 10.2. The van der Waals surface area contributed by atoms with Gasteiger partial charge in [-0.05, 0) is 63.0 Å². The highest BCUT2D eigenvalue weighted by Gasteiger charge is 2.23. The van der Waals surface area contributed by atoms with E-state index in [0.29, 0.717) is 19.4 Å². The largest absolute Gasteiger partial charge is 0.308 e. The number of nitrogens with zero attached hydrogens (tertiary/aromatic N) is 3. The third-order valence-electron chi connectivity index (χ3n) is 5.47. The Balaban J connectivity index is 1.74. The fourth-order valence-electron chi connectivity index (χ4n) is 3.72. The minimum atomic E-state index is -3.21. The lowest BCUT2D eigenvalue weighted by Crippen LogP contribution is -2.40. The van der Waals surface area contributed by atoms with Gasteiger partial charge in [0.2, 0.25) is 10.0 Å². The van der Waals surface area contributed by atoms with E-state index >= 15 is 0 Å². The first-order valence-corrected chi connectivity index (χ1v) is 12.3. The number of hydrogen-bond acceptors (Lipinski definition) is 5. The lowest BCUT2D eigenvalue weighted by Gasteiger charge is -2.26. The van der Waals surface area contributed by atoms with Crippen LogP contribution < -0.4 is 10.3 Å². The SMILES string of the molecule is CCCCS(=O)(=O)NC1CCc2cc(-c3ccc(=O)n(CCN(C)C)n3)ccc2C1. The van der Waals surface area contributed by atoms with Crippen LogP contribution in [-0.2, 0) is 29.4 Å². The Morgan fingerprint density at radius 1 is 1.20 bits per heavy atom. The molecule has 2 aromatic rings. The van der Waals surface area contributed by atoms with E-state index in [9.17, 15) is 13.2 Å². The maximum Gasteiger partial charge on any atom is 0.266 e. The lowest BCUT2D eigenvalue weighted by molar-refractivity contribution is 0.368. The standard InChI is InChI=1S/C22H32N4O3S/c1-4-5-14-30(28,29)24-20-9-8-17-15-19(7-6-18(17)16-20)21-10-11-22(27)26(23-21)13-12-25(2)3/h6-7,10-11,15,20,24H,4-5,8-9,12-14,16H2,1-3H3. The molecule has 0 saturated heterocycles. The van der Waals surface area contributed by atoms with Crippen molar-refractivity contribution in [2.75, 3.05) is 26.4 Å². The molecular formula is C22H32N4O3S. The zero-order valence-corrected chi connectivity index (χ0v) is 18.9. The number of rotatable bonds is 9. The van der Waals surface area contributed by atoms with Crippen LogP contribution in [0.4, 0.5) is 0 Å². The van der Waals surface area contributed by atoms with Gasteiger partial charge in [0, 0.05) is 24.2 Å². The highest BCUT2D eigenvalue weighted by atomic mass is 32.2. The van der Waals surface area contributed by atoms with E-state index < -0.39 is 10.0 Å². The van der Waals surface area contributed by atoms with Gasteiger partial charge in [-0.1, -0.05) is 25.5 Å². The third kappa shape index (κ3) is 6.00. The maximum atomic E-state index is 12.2. The number of aromatic nitrogens is 2. The molecule has 1 aromatic heterocycles. The molecule has 0 saturated carbocycles. The van der Waals surface area contributed by atoms with E-state index in [1.807, 2.05) is 32.0 Å². The molecule has 164 valence electrons. The normalized spacial score (nSPS) is 16.6. The van der Waals surface area contributed by atoms with Crippen LogP contribution in [0.3, 0.4) is 0 Å². The molecule has 1 N–H and O–H groups in total. The fourth-order valence-corrected chi connectivity index (χ4v) is 5.22. The van der Waals surface area contributed by atoms with E-state index in [0.717, 1.165) is 37.1 Å². The van der Waals surface area contributed by atoms with Crippen molar-refractivity contribution in [3.63, 3.8) is 0 Å². The van der Waals surface area contributed by atoms with E-state index in [4.69, 9.17) is 0 Å². The number of benzene rings is 1. The van der Waals surface area contributed by atoms with Gasteiger partial charge in [0.25, 0.3) is 5.56 Å². The van der Waals surface area contributed by atoms with Crippen LogP contribution in [0.25, 0.3) is 11.3 Å². The van der Waals surface area contributed by atoms with Gasteiger partial charge in [-0.3, -0.25) is 4.79 Å². The Morgan fingerprint density at radius 3 is 2.73 bits per heavy atom. The summed E-state index contributed by atoms with van der Waals surface area (Å²) in [4.78, 5) is 14.1. The molecular weight excluding hydrogens is 400 g/mol. The smallest absolute Gasteiger partial charge is 0.266 e. The number of likely N-dealkylation sites (N-methyl/N-ethyl adjacent to an activating group) is 1. The fraction of sp³-hybridized carbons (Fsp3) is 0.545. The van der Waals surface area contributed by atoms with Crippen LogP contribution in [-0.4, -0.2) is 55.5 Å². The Hall–Kier alpha value is -2.03. The summed E-state index contributed by atoms with van der Waals surface area (Å²) in [6.45, 7) is 3.29. The molecule has 0 aliphatic heterocycles. The summed E-state index contributed by atoms with van der Waals surface area (Å²) in [6.07, 6.45) is 3.87. The van der Waals surface area contributed by atoms with Gasteiger partial charge in [-0.2, -0.15) is 5.10 Å². The van der Waals surface area contributed by atoms with Crippen molar-refractivity contribution >= 4 is 10.0 Å². The molecule has 0 radical (unpaired) electrons. The van der Waals surface area contributed by atoms with Gasteiger partial charge in [0.1, 0.15) is 0 Å². The molecule has 0 bridgehead atoms. The minimum Gasteiger partial charge on any atom is -0.308 e. The molecule has 0 amide bonds. The quantitative estimate of drug-likeness (QED) is 0.656. The first kappa shape index (κ1) is 22.7. The zero-order chi connectivity index (χ0) is 21.7. The molecule has 0 fully saturated rings. The Morgan fingerprint density at radius 2 is 2.00 bits per heavy atom. The van der Waals surface area contributed by atoms with Crippen molar-refractivity contribution in [1.29, 1.82) is 0 Å². The molecule has 30 heavy (non-hydrogen) atoms. The molecule has 1 aromatic carbocycles. The van der Waals surface area contributed by atoms with E-state index in [1.54, 1.807) is 12.1 Å². The van der Waals surface area contributed by atoms with Crippen molar-refractivity contribution < 1.29 is 8.42 Å². The molecule has 1 heterocycles. The van der Waals surface area contributed by atoms with Gasteiger partial charge in [0.05, 0.1) is 18.0 Å². The van der Waals surface area contributed by atoms with Crippen molar-refractivity contribution in [3.8, 4) is 11.3 Å². The Kier molecular flexibility index (Phi) is 7.44. The van der Waals surface area contributed by atoms with Gasteiger partial charge in [-0.15, -0.1) is 0 Å². The topological polar surface area (TPSA) is 84.3 Å². The first-order valence-electron chi connectivity index (χ1n) is 10.6. The molecule has 7 nitrogen and oxygen atoms in total. The molecule has 1 aliphatic rings. The average molecular weight is 433 g/mol. The Labute approximate surface area is 179 Å². The number of fused-ring (bicyclic) bond motifs is 1. The second-order valence-electron chi connectivity index (χ2n) is 8.30. The minimum absolute atomic E-state index is 0.0451. The predicted octanol–water partition coefficient (Wildman–Crippen LogP) is 2.05. The summed E-state index contributed by atoms with van der Waals surface area (Å²) >= 11 is 0. The number of sulfonamides is 1. The second kappa shape index (κ2) is 9.85. The first-order chi connectivity index (χ1) is 14.3. The average Bonchev–Trinajstić information content (AvgIpc) is 2.71. The summed E-state index contributed by atoms with van der Waals surface area (Å²) in [5, 5.41) is 4.54. The van der Waals surface area contributed by atoms with Gasteiger partial charge >= 0.3 is 0 Å². The van der Waals surface area contributed by atoms with E-state index in [-0.39, 0.29) is 17.4 Å². The van der Waals surface area contributed by atoms with Crippen LogP contribution in [0.2, 0.25) is 0 Å². The van der Waals surface area contributed by atoms with Crippen molar-refractivity contribution in [2.45, 2.75) is 51.6 Å². The number of nitrogens with one attached hydrogen (secondary N) is 1. The number of unbranched alkanes of at least 4 members (excludes halogenated alkanes) is 1. The molecule has 1 atom stereocenters. The van der Waals surface area contributed by atoms with Gasteiger partial charge in [-0.25, -0.2) is 17.8 Å². The molecule has 3 rings (SSSR count). The summed E-state index contributed by atoms with van der Waals surface area (Å²) in [6, 6.07) is 9.49. The summed E-state index contributed by atoms with van der Waals surface area (Å²) in [5.41, 5.74) is 4.06. The van der Waals surface area contributed by atoms with Crippen LogP contribution in [0, 0.1) is 0 Å². The van der Waals surface area contributed by atoms with Crippen LogP contribution in [0.5, 0.6) is 0 Å². The predicted molar refractivity (Wildman–Crippen MR) is 120 cm³/mol. The highest BCUT2D eigenvalue weighted by molar-refractivity contribution is 7.89. The van der Waals surface area contributed by atoms with Gasteiger partial charge < -0.3 is 4.90 Å².